The van der Waals surface area contributed by atoms with Crippen molar-refractivity contribution in [2.75, 3.05) is 31.1 Å². The molecule has 2 rings (SSSR count). The minimum atomic E-state index is -0.394. The molecule has 1 saturated heterocycles. The molecular formula is C12H14FN3O. The summed E-state index contributed by atoms with van der Waals surface area (Å²) in [5.41, 5.74) is 6.59. The van der Waals surface area contributed by atoms with Crippen LogP contribution >= 0.6 is 0 Å². The van der Waals surface area contributed by atoms with Crippen LogP contribution in [0.15, 0.2) is 18.2 Å². The lowest BCUT2D eigenvalue weighted by atomic mass is 10.1. The molecule has 2 N–H and O–H groups in total. The van der Waals surface area contributed by atoms with Crippen LogP contribution in [0.5, 0.6) is 0 Å². The van der Waals surface area contributed by atoms with Gasteiger partial charge in [0.2, 0.25) is 0 Å². The van der Waals surface area contributed by atoms with Gasteiger partial charge in [0.25, 0.3) is 0 Å². The Hall–Kier alpha value is -1.64. The molecule has 5 heteroatoms. The van der Waals surface area contributed by atoms with Crippen molar-refractivity contribution >= 4 is 5.69 Å². The van der Waals surface area contributed by atoms with E-state index in [0.717, 1.165) is 0 Å². The number of morpholine rings is 1. The van der Waals surface area contributed by atoms with Crippen molar-refractivity contribution in [1.29, 1.82) is 5.26 Å². The van der Waals surface area contributed by atoms with Crippen LogP contribution in [0.3, 0.4) is 0 Å². The molecule has 17 heavy (non-hydrogen) atoms. The van der Waals surface area contributed by atoms with Crippen molar-refractivity contribution < 1.29 is 9.13 Å². The van der Waals surface area contributed by atoms with Gasteiger partial charge in [0.05, 0.1) is 24.3 Å². The zero-order valence-electron chi connectivity index (χ0n) is 9.40. The van der Waals surface area contributed by atoms with Crippen molar-refractivity contribution in [2.24, 2.45) is 5.73 Å². The largest absolute Gasteiger partial charge is 0.373 e. The van der Waals surface area contributed by atoms with Crippen molar-refractivity contribution in [3.8, 4) is 6.07 Å². The molecule has 1 aliphatic heterocycles. The SMILES string of the molecule is N#Cc1cc(F)cc(N2CCOC(CN)C2)c1. The average molecular weight is 235 g/mol. The molecule has 0 saturated carbocycles. The zero-order valence-corrected chi connectivity index (χ0v) is 9.40. The molecule has 1 heterocycles. The quantitative estimate of drug-likeness (QED) is 0.826. The number of halogens is 1. The van der Waals surface area contributed by atoms with E-state index in [2.05, 4.69) is 0 Å². The van der Waals surface area contributed by atoms with Gasteiger partial charge in [-0.25, -0.2) is 4.39 Å². The van der Waals surface area contributed by atoms with E-state index >= 15 is 0 Å². The number of hydrogen-bond donors (Lipinski definition) is 1. The van der Waals surface area contributed by atoms with Gasteiger partial charge in [-0.15, -0.1) is 0 Å². The van der Waals surface area contributed by atoms with Crippen LogP contribution in [-0.4, -0.2) is 32.3 Å². The Morgan fingerprint density at radius 2 is 2.35 bits per heavy atom. The van der Waals surface area contributed by atoms with E-state index in [4.69, 9.17) is 15.7 Å². The molecule has 1 fully saturated rings. The molecular weight excluding hydrogens is 221 g/mol. The number of nitriles is 1. The normalized spacial score (nSPS) is 20.1. The monoisotopic (exact) mass is 235 g/mol. The van der Waals surface area contributed by atoms with Gasteiger partial charge in [-0.05, 0) is 18.2 Å². The molecule has 1 atom stereocenters. The highest BCUT2D eigenvalue weighted by Gasteiger charge is 2.20. The van der Waals surface area contributed by atoms with Crippen molar-refractivity contribution in [3.63, 3.8) is 0 Å². The highest BCUT2D eigenvalue weighted by atomic mass is 19.1. The summed E-state index contributed by atoms with van der Waals surface area (Å²) in [6.07, 6.45) is -0.0300. The minimum Gasteiger partial charge on any atom is -0.373 e. The van der Waals surface area contributed by atoms with Gasteiger partial charge in [0, 0.05) is 25.3 Å². The smallest absolute Gasteiger partial charge is 0.126 e. The summed E-state index contributed by atoms with van der Waals surface area (Å²) in [6.45, 7) is 2.33. The van der Waals surface area contributed by atoms with E-state index in [1.165, 1.54) is 12.1 Å². The van der Waals surface area contributed by atoms with E-state index < -0.39 is 5.82 Å². The van der Waals surface area contributed by atoms with Gasteiger partial charge in [-0.3, -0.25) is 0 Å². The summed E-state index contributed by atoms with van der Waals surface area (Å²) in [7, 11) is 0. The predicted octanol–water partition coefficient (Wildman–Crippen LogP) is 0.861. The number of nitrogens with zero attached hydrogens (tertiary/aromatic N) is 2. The Morgan fingerprint density at radius 1 is 1.53 bits per heavy atom. The molecule has 1 aromatic rings. The van der Waals surface area contributed by atoms with Crippen LogP contribution in [0.4, 0.5) is 10.1 Å². The molecule has 1 aromatic carbocycles. The first-order chi connectivity index (χ1) is 8.22. The number of ether oxygens (including phenoxy) is 1. The summed E-state index contributed by atoms with van der Waals surface area (Å²) < 4.78 is 18.8. The van der Waals surface area contributed by atoms with E-state index in [1.807, 2.05) is 11.0 Å². The third-order valence-electron chi connectivity index (χ3n) is 2.78. The number of anilines is 1. The van der Waals surface area contributed by atoms with Crippen LogP contribution in [0, 0.1) is 17.1 Å². The number of nitrogens with two attached hydrogens (primary N) is 1. The first-order valence-corrected chi connectivity index (χ1v) is 5.50. The maximum Gasteiger partial charge on any atom is 0.126 e. The van der Waals surface area contributed by atoms with Gasteiger partial charge >= 0.3 is 0 Å². The highest BCUT2D eigenvalue weighted by molar-refractivity contribution is 5.52. The lowest BCUT2D eigenvalue weighted by Crippen LogP contribution is -2.45. The summed E-state index contributed by atoms with van der Waals surface area (Å²) >= 11 is 0. The van der Waals surface area contributed by atoms with Crippen molar-refractivity contribution in [2.45, 2.75) is 6.10 Å². The molecule has 1 unspecified atom stereocenters. The first-order valence-electron chi connectivity index (χ1n) is 5.50. The summed E-state index contributed by atoms with van der Waals surface area (Å²) in [5, 5.41) is 8.80. The Kier molecular flexibility index (Phi) is 3.57. The highest BCUT2D eigenvalue weighted by Crippen LogP contribution is 2.20. The standard InChI is InChI=1S/C12H14FN3O/c13-10-3-9(6-14)4-11(5-10)16-1-2-17-12(7-15)8-16/h3-5,12H,1-2,7-8,15H2. The molecule has 1 aliphatic rings. The number of hydrogen-bond acceptors (Lipinski definition) is 4. The maximum absolute atomic E-state index is 13.3. The second-order valence-corrected chi connectivity index (χ2v) is 3.98. The molecule has 90 valence electrons. The lowest BCUT2D eigenvalue weighted by molar-refractivity contribution is 0.0465. The molecule has 4 nitrogen and oxygen atoms in total. The van der Waals surface area contributed by atoms with Gasteiger partial charge in [-0.1, -0.05) is 0 Å². The summed E-state index contributed by atoms with van der Waals surface area (Å²) in [6, 6.07) is 6.29. The van der Waals surface area contributed by atoms with E-state index in [1.54, 1.807) is 6.07 Å². The molecule has 0 aliphatic carbocycles. The van der Waals surface area contributed by atoms with Crippen LogP contribution < -0.4 is 10.6 Å². The Balaban J connectivity index is 2.21. The van der Waals surface area contributed by atoms with Gasteiger partial charge in [0.1, 0.15) is 5.82 Å². The zero-order chi connectivity index (χ0) is 12.3. The Labute approximate surface area is 99.4 Å². The predicted molar refractivity (Wildman–Crippen MR) is 62.1 cm³/mol. The fourth-order valence-corrected chi connectivity index (χ4v) is 1.92. The molecule has 0 radical (unpaired) electrons. The average Bonchev–Trinajstić information content (AvgIpc) is 2.38. The van der Waals surface area contributed by atoms with Gasteiger partial charge in [-0.2, -0.15) is 5.26 Å². The van der Waals surface area contributed by atoms with Crippen LogP contribution in [0.25, 0.3) is 0 Å². The van der Waals surface area contributed by atoms with Gasteiger partial charge < -0.3 is 15.4 Å². The molecule has 0 aromatic heterocycles. The van der Waals surface area contributed by atoms with E-state index in [0.29, 0.717) is 37.5 Å². The molecule has 0 bridgehead atoms. The summed E-state index contributed by atoms with van der Waals surface area (Å²) in [5.74, 6) is -0.394. The van der Waals surface area contributed by atoms with E-state index in [-0.39, 0.29) is 6.10 Å². The third kappa shape index (κ3) is 2.73. The molecule has 0 amide bonds. The van der Waals surface area contributed by atoms with Gasteiger partial charge in [0.15, 0.2) is 0 Å². The first kappa shape index (κ1) is 11.8. The minimum absolute atomic E-state index is 0.0300. The third-order valence-corrected chi connectivity index (χ3v) is 2.78. The second-order valence-electron chi connectivity index (χ2n) is 3.98. The Bertz CT molecular complexity index is 444. The fourth-order valence-electron chi connectivity index (χ4n) is 1.92. The topological polar surface area (TPSA) is 62.3 Å². The number of rotatable bonds is 2. The van der Waals surface area contributed by atoms with Crippen molar-refractivity contribution in [3.05, 3.63) is 29.6 Å². The maximum atomic E-state index is 13.3. The number of benzene rings is 1. The van der Waals surface area contributed by atoms with Crippen molar-refractivity contribution in [1.82, 2.24) is 0 Å². The van der Waals surface area contributed by atoms with Crippen LogP contribution in [-0.2, 0) is 4.74 Å². The summed E-state index contributed by atoms with van der Waals surface area (Å²) in [4.78, 5) is 1.99. The Morgan fingerprint density at radius 3 is 3.06 bits per heavy atom. The lowest BCUT2D eigenvalue weighted by Gasteiger charge is -2.34. The molecule has 0 spiro atoms. The second kappa shape index (κ2) is 5.13. The van der Waals surface area contributed by atoms with E-state index in [9.17, 15) is 4.39 Å². The van der Waals surface area contributed by atoms with Crippen LogP contribution in [0.1, 0.15) is 5.56 Å². The van der Waals surface area contributed by atoms with Crippen LogP contribution in [0.2, 0.25) is 0 Å². The fraction of sp³-hybridized carbons (Fsp3) is 0.417.